The summed E-state index contributed by atoms with van der Waals surface area (Å²) in [6.45, 7) is 1.60. The van der Waals surface area contributed by atoms with Crippen LogP contribution in [0.2, 0.25) is 0 Å². The van der Waals surface area contributed by atoms with Gasteiger partial charge in [0.2, 0.25) is 0 Å². The van der Waals surface area contributed by atoms with Crippen molar-refractivity contribution in [3.63, 3.8) is 0 Å². The van der Waals surface area contributed by atoms with E-state index in [9.17, 15) is 4.79 Å². The summed E-state index contributed by atoms with van der Waals surface area (Å²) < 4.78 is 0. The first-order chi connectivity index (χ1) is 7.77. The van der Waals surface area contributed by atoms with Crippen molar-refractivity contribution in [3.8, 4) is 0 Å². The standard InChI is InChI=1S/C11H16N2O2S/c14-11(15)10-3-1-2-8(10)4-12-5-9-6-13-7-16-9/h6-8,10,12H,1-5H2,(H,14,15). The summed E-state index contributed by atoms with van der Waals surface area (Å²) >= 11 is 1.62. The lowest BCUT2D eigenvalue weighted by molar-refractivity contribution is -0.142. The summed E-state index contributed by atoms with van der Waals surface area (Å²) in [4.78, 5) is 16.2. The summed E-state index contributed by atoms with van der Waals surface area (Å²) in [7, 11) is 0. The van der Waals surface area contributed by atoms with Gasteiger partial charge in [-0.05, 0) is 25.3 Å². The first-order valence-electron chi connectivity index (χ1n) is 5.58. The third-order valence-electron chi connectivity index (χ3n) is 3.17. The van der Waals surface area contributed by atoms with Crippen LogP contribution in [-0.2, 0) is 11.3 Å². The van der Waals surface area contributed by atoms with Crippen LogP contribution in [0.15, 0.2) is 11.7 Å². The summed E-state index contributed by atoms with van der Waals surface area (Å²) in [5, 5.41) is 12.4. The topological polar surface area (TPSA) is 62.2 Å². The largest absolute Gasteiger partial charge is 0.481 e. The Kier molecular flexibility index (Phi) is 3.90. The number of carboxylic acids is 1. The molecule has 1 fully saturated rings. The van der Waals surface area contributed by atoms with Gasteiger partial charge in [-0.2, -0.15) is 0 Å². The Morgan fingerprint density at radius 1 is 1.62 bits per heavy atom. The Bertz CT molecular complexity index is 340. The van der Waals surface area contributed by atoms with Gasteiger partial charge in [0.05, 0.1) is 11.4 Å². The van der Waals surface area contributed by atoms with Gasteiger partial charge in [-0.3, -0.25) is 9.78 Å². The van der Waals surface area contributed by atoms with Gasteiger partial charge in [0.25, 0.3) is 0 Å². The second kappa shape index (κ2) is 5.41. The molecule has 1 aliphatic rings. The number of nitrogens with one attached hydrogen (secondary N) is 1. The average Bonchev–Trinajstić information content (AvgIpc) is 2.87. The predicted octanol–water partition coefficient (Wildman–Crippen LogP) is 1.73. The van der Waals surface area contributed by atoms with Crippen LogP contribution in [0, 0.1) is 11.8 Å². The van der Waals surface area contributed by atoms with Gasteiger partial charge in [-0.25, -0.2) is 0 Å². The van der Waals surface area contributed by atoms with E-state index in [0.29, 0.717) is 5.92 Å². The fourth-order valence-electron chi connectivity index (χ4n) is 2.32. The van der Waals surface area contributed by atoms with E-state index in [2.05, 4.69) is 10.3 Å². The highest BCUT2D eigenvalue weighted by atomic mass is 32.1. The summed E-state index contributed by atoms with van der Waals surface area (Å²) in [6.07, 6.45) is 4.76. The molecular formula is C11H16N2O2S. The van der Waals surface area contributed by atoms with Crippen molar-refractivity contribution in [3.05, 3.63) is 16.6 Å². The first kappa shape index (κ1) is 11.5. The number of thiazole rings is 1. The molecule has 5 heteroatoms. The number of nitrogens with zero attached hydrogens (tertiary/aromatic N) is 1. The fraction of sp³-hybridized carbons (Fsp3) is 0.636. The highest BCUT2D eigenvalue weighted by Gasteiger charge is 2.32. The van der Waals surface area contributed by atoms with E-state index < -0.39 is 5.97 Å². The number of aliphatic carboxylic acids is 1. The zero-order valence-corrected chi connectivity index (χ0v) is 9.87. The van der Waals surface area contributed by atoms with Crippen molar-refractivity contribution in [1.29, 1.82) is 0 Å². The molecule has 0 amide bonds. The number of carboxylic acid groups (broad SMARTS) is 1. The Labute approximate surface area is 98.7 Å². The van der Waals surface area contributed by atoms with Gasteiger partial charge in [-0.1, -0.05) is 6.42 Å². The highest BCUT2D eigenvalue weighted by Crippen LogP contribution is 2.31. The predicted molar refractivity (Wildman–Crippen MR) is 62.3 cm³/mol. The van der Waals surface area contributed by atoms with Gasteiger partial charge in [0.15, 0.2) is 0 Å². The summed E-state index contributed by atoms with van der Waals surface area (Å²) in [6, 6.07) is 0. The Balaban J connectivity index is 1.75. The molecule has 0 aliphatic heterocycles. The van der Waals surface area contributed by atoms with Crippen LogP contribution in [-0.4, -0.2) is 22.6 Å². The molecule has 1 heterocycles. The molecule has 0 spiro atoms. The minimum absolute atomic E-state index is 0.144. The molecule has 0 aromatic carbocycles. The highest BCUT2D eigenvalue weighted by molar-refractivity contribution is 7.09. The maximum absolute atomic E-state index is 11.0. The molecule has 2 N–H and O–H groups in total. The molecule has 2 atom stereocenters. The molecule has 2 rings (SSSR count). The first-order valence-corrected chi connectivity index (χ1v) is 6.46. The van der Waals surface area contributed by atoms with Crippen molar-refractivity contribution in [2.45, 2.75) is 25.8 Å². The van der Waals surface area contributed by atoms with Crippen molar-refractivity contribution in [2.75, 3.05) is 6.54 Å². The number of hydrogen-bond acceptors (Lipinski definition) is 4. The van der Waals surface area contributed by atoms with E-state index >= 15 is 0 Å². The molecule has 1 aromatic rings. The van der Waals surface area contributed by atoms with Crippen LogP contribution in [0.3, 0.4) is 0 Å². The maximum atomic E-state index is 11.0. The summed E-state index contributed by atoms with van der Waals surface area (Å²) in [5.41, 5.74) is 1.81. The Morgan fingerprint density at radius 2 is 2.50 bits per heavy atom. The van der Waals surface area contributed by atoms with Gasteiger partial charge in [0.1, 0.15) is 0 Å². The molecule has 16 heavy (non-hydrogen) atoms. The minimum atomic E-state index is -0.637. The number of rotatable bonds is 5. The average molecular weight is 240 g/mol. The molecule has 4 nitrogen and oxygen atoms in total. The van der Waals surface area contributed by atoms with E-state index in [0.717, 1.165) is 32.4 Å². The second-order valence-electron chi connectivity index (χ2n) is 4.23. The smallest absolute Gasteiger partial charge is 0.306 e. The lowest BCUT2D eigenvalue weighted by Gasteiger charge is -2.15. The summed E-state index contributed by atoms with van der Waals surface area (Å²) in [5.74, 6) is -0.485. The van der Waals surface area contributed by atoms with Crippen molar-refractivity contribution in [2.24, 2.45) is 11.8 Å². The van der Waals surface area contributed by atoms with Crippen molar-refractivity contribution < 1.29 is 9.90 Å². The third kappa shape index (κ3) is 2.80. The zero-order chi connectivity index (χ0) is 11.4. The molecule has 1 aromatic heterocycles. The molecule has 0 radical (unpaired) electrons. The molecule has 88 valence electrons. The molecule has 1 saturated carbocycles. The fourth-order valence-corrected chi connectivity index (χ4v) is 2.88. The Morgan fingerprint density at radius 3 is 3.19 bits per heavy atom. The number of hydrogen-bond donors (Lipinski definition) is 2. The SMILES string of the molecule is O=C(O)C1CCCC1CNCc1cncs1. The van der Waals surface area contributed by atoms with Crippen LogP contribution in [0.4, 0.5) is 0 Å². The molecule has 2 unspecified atom stereocenters. The van der Waals surface area contributed by atoms with E-state index in [1.807, 2.05) is 11.7 Å². The molecular weight excluding hydrogens is 224 g/mol. The lowest BCUT2D eigenvalue weighted by atomic mass is 9.96. The van der Waals surface area contributed by atoms with Crippen LogP contribution in [0.25, 0.3) is 0 Å². The third-order valence-corrected chi connectivity index (χ3v) is 3.95. The van der Waals surface area contributed by atoms with Crippen LogP contribution in [0.5, 0.6) is 0 Å². The van der Waals surface area contributed by atoms with E-state index in [1.54, 1.807) is 11.3 Å². The van der Waals surface area contributed by atoms with Crippen LogP contribution >= 0.6 is 11.3 Å². The zero-order valence-electron chi connectivity index (χ0n) is 9.06. The maximum Gasteiger partial charge on any atom is 0.306 e. The van der Waals surface area contributed by atoms with Crippen molar-refractivity contribution >= 4 is 17.3 Å². The normalized spacial score (nSPS) is 24.8. The quantitative estimate of drug-likeness (QED) is 0.823. The second-order valence-corrected chi connectivity index (χ2v) is 5.21. The van der Waals surface area contributed by atoms with Crippen LogP contribution in [0.1, 0.15) is 24.1 Å². The number of aromatic nitrogens is 1. The van der Waals surface area contributed by atoms with Gasteiger partial charge in [-0.15, -0.1) is 11.3 Å². The molecule has 1 aliphatic carbocycles. The lowest BCUT2D eigenvalue weighted by Crippen LogP contribution is -2.28. The van der Waals surface area contributed by atoms with Gasteiger partial charge in [0, 0.05) is 17.6 Å². The van der Waals surface area contributed by atoms with Crippen molar-refractivity contribution in [1.82, 2.24) is 10.3 Å². The van der Waals surface area contributed by atoms with E-state index in [-0.39, 0.29) is 5.92 Å². The molecule has 0 saturated heterocycles. The number of carbonyl (C=O) groups is 1. The van der Waals surface area contributed by atoms with Gasteiger partial charge >= 0.3 is 5.97 Å². The minimum Gasteiger partial charge on any atom is -0.481 e. The van der Waals surface area contributed by atoms with E-state index in [1.165, 1.54) is 4.88 Å². The van der Waals surface area contributed by atoms with Crippen LogP contribution < -0.4 is 5.32 Å². The van der Waals surface area contributed by atoms with E-state index in [4.69, 9.17) is 5.11 Å². The monoisotopic (exact) mass is 240 g/mol. The molecule has 0 bridgehead atoms. The Hall–Kier alpha value is -0.940. The van der Waals surface area contributed by atoms with Gasteiger partial charge < -0.3 is 10.4 Å².